The molecule has 0 aromatic carbocycles. The number of methoxy groups -OCH3 is 1. The first-order valence-corrected chi connectivity index (χ1v) is 6.08. The Kier molecular flexibility index (Phi) is 2.87. The van der Waals surface area contributed by atoms with Gasteiger partial charge in [0.2, 0.25) is 0 Å². The van der Waals surface area contributed by atoms with Gasteiger partial charge < -0.3 is 9.47 Å². The summed E-state index contributed by atoms with van der Waals surface area (Å²) in [5.41, 5.74) is -0.100. The Morgan fingerprint density at radius 2 is 2.12 bits per heavy atom. The van der Waals surface area contributed by atoms with Gasteiger partial charge in [-0.25, -0.2) is 0 Å². The molecule has 3 unspecified atom stereocenters. The fraction of sp³-hybridized carbons (Fsp3) is 0.923. The highest BCUT2D eigenvalue weighted by Crippen LogP contribution is 2.54. The number of carbonyl (C=O) groups excluding carboxylic acids is 1. The third-order valence-electron chi connectivity index (χ3n) is 4.25. The summed E-state index contributed by atoms with van der Waals surface area (Å²) >= 11 is 0. The van der Waals surface area contributed by atoms with Crippen molar-refractivity contribution in [3.8, 4) is 0 Å². The van der Waals surface area contributed by atoms with Crippen LogP contribution in [0.3, 0.4) is 0 Å². The third kappa shape index (κ3) is 1.70. The van der Waals surface area contributed by atoms with Crippen LogP contribution in [-0.2, 0) is 14.3 Å². The second kappa shape index (κ2) is 3.81. The molecule has 1 aliphatic carbocycles. The van der Waals surface area contributed by atoms with E-state index >= 15 is 0 Å². The number of hydrogen-bond donors (Lipinski definition) is 0. The van der Waals surface area contributed by atoms with Gasteiger partial charge in [-0.3, -0.25) is 4.79 Å². The highest BCUT2D eigenvalue weighted by molar-refractivity contribution is 5.88. The van der Waals surface area contributed by atoms with Crippen molar-refractivity contribution in [1.82, 2.24) is 0 Å². The van der Waals surface area contributed by atoms with Gasteiger partial charge in [-0.2, -0.15) is 0 Å². The number of carbonyl (C=O) groups is 1. The molecule has 3 heteroatoms. The van der Waals surface area contributed by atoms with Gasteiger partial charge in [0.05, 0.1) is 12.0 Å². The van der Waals surface area contributed by atoms with E-state index in [-0.39, 0.29) is 17.1 Å². The molecule has 16 heavy (non-hydrogen) atoms. The zero-order chi connectivity index (χ0) is 12.0. The quantitative estimate of drug-likeness (QED) is 0.688. The van der Waals surface area contributed by atoms with Crippen LogP contribution in [0.1, 0.15) is 40.0 Å². The van der Waals surface area contributed by atoms with Gasteiger partial charge in [0.1, 0.15) is 5.78 Å². The van der Waals surface area contributed by atoms with E-state index in [0.717, 1.165) is 12.8 Å². The predicted octanol–water partition coefficient (Wildman–Crippen LogP) is 2.39. The van der Waals surface area contributed by atoms with Gasteiger partial charge in [0, 0.05) is 20.0 Å². The molecule has 2 aliphatic rings. The molecule has 0 aromatic rings. The van der Waals surface area contributed by atoms with Crippen molar-refractivity contribution in [3.05, 3.63) is 0 Å². The highest BCUT2D eigenvalue weighted by Gasteiger charge is 2.57. The van der Waals surface area contributed by atoms with Crippen LogP contribution in [0.4, 0.5) is 0 Å². The van der Waals surface area contributed by atoms with E-state index in [1.807, 2.05) is 0 Å². The van der Waals surface area contributed by atoms with Crippen molar-refractivity contribution in [2.24, 2.45) is 16.7 Å². The van der Waals surface area contributed by atoms with Crippen LogP contribution >= 0.6 is 0 Å². The molecule has 2 rings (SSSR count). The fourth-order valence-corrected chi connectivity index (χ4v) is 3.50. The van der Waals surface area contributed by atoms with Gasteiger partial charge in [-0.05, 0) is 17.8 Å². The van der Waals surface area contributed by atoms with Crippen LogP contribution < -0.4 is 0 Å². The SMILES string of the molecule is COC1CC2(CO1)C(=O)CCC2C(C)(C)C. The molecule has 1 heterocycles. The maximum absolute atomic E-state index is 12.2. The van der Waals surface area contributed by atoms with Crippen LogP contribution in [0.5, 0.6) is 0 Å². The summed E-state index contributed by atoms with van der Waals surface area (Å²) in [6, 6.07) is 0. The van der Waals surface area contributed by atoms with Gasteiger partial charge in [0.25, 0.3) is 0 Å². The lowest BCUT2D eigenvalue weighted by Crippen LogP contribution is -2.39. The number of ether oxygens (including phenoxy) is 2. The summed E-state index contributed by atoms with van der Waals surface area (Å²) in [6.07, 6.45) is 2.26. The molecule has 92 valence electrons. The molecule has 0 N–H and O–H groups in total. The lowest BCUT2D eigenvalue weighted by atomic mass is 9.65. The minimum Gasteiger partial charge on any atom is -0.356 e. The van der Waals surface area contributed by atoms with Crippen molar-refractivity contribution in [1.29, 1.82) is 0 Å². The minimum absolute atomic E-state index is 0.165. The summed E-state index contributed by atoms with van der Waals surface area (Å²) in [7, 11) is 1.65. The van der Waals surface area contributed by atoms with E-state index in [2.05, 4.69) is 20.8 Å². The van der Waals surface area contributed by atoms with E-state index in [0.29, 0.717) is 24.7 Å². The smallest absolute Gasteiger partial charge is 0.158 e. The van der Waals surface area contributed by atoms with E-state index in [9.17, 15) is 4.79 Å². The largest absolute Gasteiger partial charge is 0.356 e. The van der Waals surface area contributed by atoms with Crippen molar-refractivity contribution in [2.45, 2.75) is 46.3 Å². The minimum atomic E-state index is -0.265. The van der Waals surface area contributed by atoms with Crippen LogP contribution in [0, 0.1) is 16.7 Å². The molecule has 1 spiro atoms. The van der Waals surface area contributed by atoms with Crippen LogP contribution in [0.25, 0.3) is 0 Å². The Balaban J connectivity index is 2.26. The monoisotopic (exact) mass is 226 g/mol. The summed E-state index contributed by atoms with van der Waals surface area (Å²) in [5.74, 6) is 0.805. The molecule has 3 atom stereocenters. The molecule has 0 aromatic heterocycles. The Hall–Kier alpha value is -0.410. The first-order valence-electron chi connectivity index (χ1n) is 6.08. The van der Waals surface area contributed by atoms with Crippen molar-refractivity contribution < 1.29 is 14.3 Å². The van der Waals surface area contributed by atoms with Crippen LogP contribution in [-0.4, -0.2) is 25.8 Å². The molecule has 1 saturated carbocycles. The third-order valence-corrected chi connectivity index (χ3v) is 4.25. The first kappa shape index (κ1) is 12.1. The number of ketones is 1. The van der Waals surface area contributed by atoms with E-state index in [1.165, 1.54) is 0 Å². The molecule has 1 aliphatic heterocycles. The van der Waals surface area contributed by atoms with Gasteiger partial charge in [-0.15, -0.1) is 0 Å². The Morgan fingerprint density at radius 3 is 2.62 bits per heavy atom. The maximum atomic E-state index is 12.2. The van der Waals surface area contributed by atoms with Crippen LogP contribution in [0.15, 0.2) is 0 Å². The normalized spacial score (nSPS) is 39.9. The molecule has 0 amide bonds. The first-order chi connectivity index (χ1) is 7.40. The average Bonchev–Trinajstić information content (AvgIpc) is 2.73. The number of hydrogen-bond acceptors (Lipinski definition) is 3. The number of rotatable bonds is 1. The fourth-order valence-electron chi connectivity index (χ4n) is 3.50. The molecule has 0 bridgehead atoms. The molecule has 2 fully saturated rings. The van der Waals surface area contributed by atoms with Crippen molar-refractivity contribution in [2.75, 3.05) is 13.7 Å². The average molecular weight is 226 g/mol. The summed E-state index contributed by atoms with van der Waals surface area (Å²) in [6.45, 7) is 7.21. The zero-order valence-electron chi connectivity index (χ0n) is 10.7. The molecule has 0 radical (unpaired) electrons. The summed E-state index contributed by atoms with van der Waals surface area (Å²) < 4.78 is 10.8. The second-order valence-corrected chi connectivity index (χ2v) is 6.22. The van der Waals surface area contributed by atoms with Gasteiger partial charge in [-0.1, -0.05) is 20.8 Å². The van der Waals surface area contributed by atoms with E-state index in [1.54, 1.807) is 7.11 Å². The zero-order valence-corrected chi connectivity index (χ0v) is 10.7. The maximum Gasteiger partial charge on any atom is 0.158 e. The van der Waals surface area contributed by atoms with E-state index < -0.39 is 0 Å². The molecular formula is C13H22O3. The van der Waals surface area contributed by atoms with E-state index in [4.69, 9.17) is 9.47 Å². The van der Waals surface area contributed by atoms with Crippen LogP contribution in [0.2, 0.25) is 0 Å². The Labute approximate surface area is 97.5 Å². The standard InChI is InChI=1S/C13H22O3/c1-12(2,3)9-5-6-10(14)13(9)7-11(15-4)16-8-13/h9,11H,5-8H2,1-4H3. The topological polar surface area (TPSA) is 35.5 Å². The Morgan fingerprint density at radius 1 is 1.44 bits per heavy atom. The summed E-state index contributed by atoms with van der Waals surface area (Å²) in [5, 5.41) is 0. The van der Waals surface area contributed by atoms with Crippen molar-refractivity contribution >= 4 is 5.78 Å². The van der Waals surface area contributed by atoms with Gasteiger partial charge in [0.15, 0.2) is 6.29 Å². The molecular weight excluding hydrogens is 204 g/mol. The lowest BCUT2D eigenvalue weighted by Gasteiger charge is -2.37. The highest BCUT2D eigenvalue weighted by atomic mass is 16.7. The summed E-state index contributed by atoms with van der Waals surface area (Å²) in [4.78, 5) is 12.2. The molecule has 3 nitrogen and oxygen atoms in total. The second-order valence-electron chi connectivity index (χ2n) is 6.22. The lowest BCUT2D eigenvalue weighted by molar-refractivity contribution is -0.128. The van der Waals surface area contributed by atoms with Crippen molar-refractivity contribution in [3.63, 3.8) is 0 Å². The van der Waals surface area contributed by atoms with Gasteiger partial charge >= 0.3 is 0 Å². The predicted molar refractivity (Wildman–Crippen MR) is 61.0 cm³/mol. The molecule has 1 saturated heterocycles. The Bertz CT molecular complexity index is 292. The number of Topliss-reactive ketones (excluding diaryl/α,β-unsaturated/α-hetero) is 1.